The second-order valence-corrected chi connectivity index (χ2v) is 27.4. The van der Waals surface area contributed by atoms with E-state index in [0.717, 1.165) is 45.6 Å². The zero-order valence-electron chi connectivity index (χ0n) is 59.7. The zero-order chi connectivity index (χ0) is 74.9. The number of nitrogens with one attached hydrogen (secondary N) is 6. The summed E-state index contributed by atoms with van der Waals surface area (Å²) in [5.74, 6) is 2.55. The largest absolute Gasteiger partial charge is 0.493 e. The van der Waals surface area contributed by atoms with Gasteiger partial charge in [-0.2, -0.15) is 0 Å². The van der Waals surface area contributed by atoms with Gasteiger partial charge in [-0.05, 0) is 114 Å². The minimum atomic E-state index is -1.51. The van der Waals surface area contributed by atoms with Crippen LogP contribution in [0.25, 0.3) is 5.57 Å². The van der Waals surface area contributed by atoms with Crippen molar-refractivity contribution in [1.29, 1.82) is 0 Å². The van der Waals surface area contributed by atoms with Crippen LogP contribution in [-0.2, 0) is 62.8 Å². The van der Waals surface area contributed by atoms with Crippen molar-refractivity contribution < 1.29 is 81.5 Å². The number of nitrogens with zero attached hydrogens (tertiary/aromatic N) is 4. The third kappa shape index (κ3) is 17.0. The van der Waals surface area contributed by atoms with Crippen molar-refractivity contribution in [3.8, 4) is 34.8 Å². The SMILES string of the molecule is COc1cc2c(cc1OCCCOc1cc3c(cc1OC)C(=O)N1CC4(CC4)C[C@H]1C(O)N3C(=O)OCc1ccc(NC(=O)[C@H](C)NC(=O)[C@@H](NC(=O)CNC(=O)CNC(=O)CCC(=O)N3Cc4ccccc4C#Cc4ccccc43)C(C)C)cc1)NC[C@@H]1CC(c3ccc(COC(C)=O)cc3)=CN1C2=O. The van der Waals surface area contributed by atoms with E-state index in [9.17, 15) is 53.1 Å². The molecule has 5 aliphatic heterocycles. The number of aliphatic hydroxyl groups is 1. The number of ether oxygens (including phenoxy) is 6. The number of anilines is 4. The van der Waals surface area contributed by atoms with E-state index in [1.54, 1.807) is 71.0 Å². The molecule has 6 aromatic rings. The highest BCUT2D eigenvalue weighted by molar-refractivity contribution is 6.07. The van der Waals surface area contributed by atoms with Crippen LogP contribution in [0.2, 0.25) is 0 Å². The number of rotatable bonds is 26. The lowest BCUT2D eigenvalue weighted by atomic mass is 10.0. The van der Waals surface area contributed by atoms with Crippen molar-refractivity contribution in [2.45, 2.75) is 123 Å². The van der Waals surface area contributed by atoms with Gasteiger partial charge in [0.1, 0.15) is 25.3 Å². The Kier molecular flexibility index (Phi) is 22.6. The number of fused-ring (bicyclic) bond motifs is 6. The van der Waals surface area contributed by atoms with E-state index < -0.39 is 79.0 Å². The summed E-state index contributed by atoms with van der Waals surface area (Å²) < 4.78 is 35.0. The van der Waals surface area contributed by atoms with Crippen LogP contribution in [0.1, 0.15) is 127 Å². The number of amides is 9. The van der Waals surface area contributed by atoms with Crippen molar-refractivity contribution in [1.82, 2.24) is 31.1 Å². The maximum absolute atomic E-state index is 14.5. The second-order valence-electron chi connectivity index (χ2n) is 27.4. The lowest BCUT2D eigenvalue weighted by Gasteiger charge is -2.31. The van der Waals surface area contributed by atoms with Crippen LogP contribution in [0.3, 0.4) is 0 Å². The van der Waals surface area contributed by atoms with Gasteiger partial charge in [0.2, 0.25) is 35.4 Å². The van der Waals surface area contributed by atoms with Crippen LogP contribution in [-0.4, -0.2) is 158 Å². The molecule has 0 radical (unpaired) electrons. The summed E-state index contributed by atoms with van der Waals surface area (Å²) in [5, 5.41) is 28.5. The Labute approximate surface area is 612 Å². The van der Waals surface area contributed by atoms with Gasteiger partial charge in [-0.25, -0.2) is 9.69 Å². The van der Waals surface area contributed by atoms with E-state index in [4.69, 9.17) is 28.4 Å². The normalized spacial score (nSPS) is 17.5. The summed E-state index contributed by atoms with van der Waals surface area (Å²) in [6.07, 6.45) is 2.27. The van der Waals surface area contributed by atoms with Crippen molar-refractivity contribution in [3.63, 3.8) is 0 Å². The zero-order valence-corrected chi connectivity index (χ0v) is 59.7. The minimum Gasteiger partial charge on any atom is -0.493 e. The third-order valence-electron chi connectivity index (χ3n) is 19.6. The number of aliphatic hydroxyl groups excluding tert-OH is 1. The Hall–Kier alpha value is -11.9. The Balaban J connectivity index is 0.605. The van der Waals surface area contributed by atoms with E-state index in [0.29, 0.717) is 77.6 Å². The van der Waals surface area contributed by atoms with Crippen molar-refractivity contribution in [2.24, 2.45) is 11.3 Å². The number of carbonyl (C=O) groups is 10. The molecule has 9 amide bonds. The van der Waals surface area contributed by atoms with Gasteiger partial charge >= 0.3 is 12.1 Å². The lowest BCUT2D eigenvalue weighted by molar-refractivity contribution is -0.142. The molecule has 106 heavy (non-hydrogen) atoms. The summed E-state index contributed by atoms with van der Waals surface area (Å²) in [7, 11) is 2.93. The first-order valence-corrected chi connectivity index (χ1v) is 35.2. The molecule has 1 spiro atoms. The third-order valence-corrected chi connectivity index (χ3v) is 19.6. The number of methoxy groups -OCH3 is 2. The molecule has 12 rings (SSSR count). The average molecular weight is 1450 g/mol. The Morgan fingerprint density at radius 1 is 0.679 bits per heavy atom. The number of hydrogen-bond acceptors (Lipinski definition) is 18. The number of hydrogen-bond donors (Lipinski definition) is 7. The number of para-hydroxylation sites is 1. The van der Waals surface area contributed by atoms with Crippen molar-refractivity contribution in [2.75, 3.05) is 74.0 Å². The fraction of sp³-hybridized carbons (Fsp3) is 0.367. The predicted octanol–water partition coefficient (Wildman–Crippen LogP) is 7.31. The summed E-state index contributed by atoms with van der Waals surface area (Å²) in [4.78, 5) is 140. The number of esters is 1. The maximum Gasteiger partial charge on any atom is 0.416 e. The molecule has 6 aromatic carbocycles. The predicted molar refractivity (Wildman–Crippen MR) is 389 cm³/mol. The van der Waals surface area contributed by atoms with Crippen molar-refractivity contribution >= 4 is 87.6 Å². The molecule has 27 nitrogen and oxygen atoms in total. The maximum atomic E-state index is 14.5. The van der Waals surface area contributed by atoms with Crippen LogP contribution in [0, 0.1) is 23.2 Å². The molecule has 1 unspecified atom stereocenters. The van der Waals surface area contributed by atoms with Crippen molar-refractivity contribution in [3.05, 3.63) is 172 Å². The molecule has 0 bridgehead atoms. The van der Waals surface area contributed by atoms with Crippen LogP contribution in [0.5, 0.6) is 23.0 Å². The van der Waals surface area contributed by atoms with Gasteiger partial charge in [0, 0.05) is 74.4 Å². The van der Waals surface area contributed by atoms with Gasteiger partial charge in [-0.3, -0.25) is 43.2 Å². The fourth-order valence-electron chi connectivity index (χ4n) is 13.6. The highest BCUT2D eigenvalue weighted by Gasteiger charge is 2.58. The van der Waals surface area contributed by atoms with E-state index in [2.05, 4.69) is 43.7 Å². The first kappa shape index (κ1) is 73.8. The van der Waals surface area contributed by atoms with Crippen LogP contribution in [0.15, 0.2) is 128 Å². The molecule has 6 aliphatic rings. The Bertz CT molecular complexity index is 4530. The molecule has 5 atom stereocenters. The molecular formula is C79H84N10O17. The van der Waals surface area contributed by atoms with Crippen LogP contribution >= 0.6 is 0 Å². The van der Waals surface area contributed by atoms with Crippen LogP contribution in [0.4, 0.5) is 27.5 Å². The molecule has 5 heterocycles. The first-order chi connectivity index (χ1) is 51.1. The molecule has 27 heteroatoms. The van der Waals surface area contributed by atoms with Gasteiger partial charge in [-0.1, -0.05) is 92.4 Å². The van der Waals surface area contributed by atoms with Gasteiger partial charge in [-0.15, -0.1) is 0 Å². The summed E-state index contributed by atoms with van der Waals surface area (Å²) >= 11 is 0. The van der Waals surface area contributed by atoms with E-state index in [1.807, 2.05) is 72.9 Å². The smallest absolute Gasteiger partial charge is 0.416 e. The number of benzene rings is 6. The molecular weight excluding hydrogens is 1360 g/mol. The monoisotopic (exact) mass is 1440 g/mol. The van der Waals surface area contributed by atoms with E-state index >= 15 is 0 Å². The lowest BCUT2D eigenvalue weighted by Crippen LogP contribution is -2.55. The van der Waals surface area contributed by atoms with E-state index in [-0.39, 0.29) is 104 Å². The van der Waals surface area contributed by atoms with Gasteiger partial charge < -0.3 is 80.1 Å². The Morgan fingerprint density at radius 3 is 2.02 bits per heavy atom. The quantitative estimate of drug-likeness (QED) is 0.0159. The minimum absolute atomic E-state index is 0.0486. The number of carbonyl (C=O) groups excluding carboxylic acids is 10. The molecule has 552 valence electrons. The van der Waals surface area contributed by atoms with Gasteiger partial charge in [0.15, 0.2) is 29.2 Å². The average Bonchev–Trinajstić information content (AvgIpc) is 1.56. The fourth-order valence-corrected chi connectivity index (χ4v) is 13.6. The molecule has 7 N–H and O–H groups in total. The second kappa shape index (κ2) is 32.4. The summed E-state index contributed by atoms with van der Waals surface area (Å²) in [6, 6.07) is 32.2. The van der Waals surface area contributed by atoms with Crippen LogP contribution < -0.4 is 60.6 Å². The van der Waals surface area contributed by atoms with Gasteiger partial charge in [0.25, 0.3) is 11.8 Å². The molecule has 2 fully saturated rings. The van der Waals surface area contributed by atoms with Gasteiger partial charge in [0.05, 0.1) is 87.3 Å². The first-order valence-electron chi connectivity index (χ1n) is 35.2. The highest BCUT2D eigenvalue weighted by Crippen LogP contribution is 2.57. The van der Waals surface area contributed by atoms with E-state index in [1.165, 1.54) is 40.2 Å². The summed E-state index contributed by atoms with van der Waals surface area (Å²) in [6.45, 7) is 6.47. The highest BCUT2D eigenvalue weighted by atomic mass is 16.6. The molecule has 1 saturated heterocycles. The summed E-state index contributed by atoms with van der Waals surface area (Å²) in [5.41, 5.74) is 7.61. The molecule has 1 aliphatic carbocycles. The topological polar surface area (TPSA) is 331 Å². The Morgan fingerprint density at radius 2 is 1.32 bits per heavy atom. The standard InChI is InChI=1S/C79H84N10O17/c1-46(2)72(85-70(93)40-82-69(92)39-81-68(91)26-27-71(94)87-41-54-14-8-7-12-51(54)22-23-53-13-9-10-15-61(53)87)74(96)83-47(3)73(95)84-56-24-18-50(19-25-56)44-106-78(100)89-62-36-67(65(102-6)34-59(62)76(98)88-45-79(28-29-79)37-63(88)77(89)99)104-31-11-30-103-66-35-60-58(33-64(66)101-5)75(97)86-42-55(32-57(86)38-80-60)52-20-16-49(17-21-52)43-105-48(4)90/h7-10,12-21,24-25,33-36,42,46-47,57,63,72,77,80,99H,11,26-32,37-41,43-45H2,1-6H3,(H,81,91)(H,82,92)(H,83,96)(H,84,95)(H,85,93)/t47-,57-,63-,72-,77?/m0/s1. The molecule has 1 saturated carbocycles. The molecule has 0 aromatic heterocycles.